The normalized spacial score (nSPS) is 17.0. The maximum Gasteiger partial charge on any atom is 0.189 e. The van der Waals surface area contributed by atoms with Crippen molar-refractivity contribution in [1.82, 2.24) is 5.32 Å². The van der Waals surface area contributed by atoms with E-state index >= 15 is 0 Å². The zero-order valence-corrected chi connectivity index (χ0v) is 13.0. The van der Waals surface area contributed by atoms with Crippen LogP contribution >= 0.6 is 0 Å². The molecular formula is C16H26N4O. The van der Waals surface area contributed by atoms with E-state index in [0.717, 1.165) is 13.1 Å². The standard InChI is InChI=1S/C16H26N4O/c1-13(12-21-2)19-16(17)18-11-14-7-3-4-8-15(14)20-9-5-6-10-20/h3-4,7-8,13H,5-6,9-12H2,1-2H3,(H3,17,18,19)/t13-/m1/s1. The first-order valence-electron chi connectivity index (χ1n) is 7.59. The molecule has 1 aliphatic heterocycles. The van der Waals surface area contributed by atoms with Crippen molar-refractivity contribution in [3.8, 4) is 0 Å². The molecule has 0 radical (unpaired) electrons. The van der Waals surface area contributed by atoms with E-state index in [9.17, 15) is 0 Å². The van der Waals surface area contributed by atoms with Gasteiger partial charge in [-0.25, -0.2) is 4.99 Å². The first kappa shape index (κ1) is 15.6. The minimum atomic E-state index is 0.160. The lowest BCUT2D eigenvalue weighted by Crippen LogP contribution is -2.40. The third-order valence-corrected chi connectivity index (χ3v) is 3.67. The number of benzene rings is 1. The third kappa shape index (κ3) is 4.63. The molecule has 21 heavy (non-hydrogen) atoms. The smallest absolute Gasteiger partial charge is 0.189 e. The van der Waals surface area contributed by atoms with E-state index in [1.807, 2.05) is 6.92 Å². The quantitative estimate of drug-likeness (QED) is 0.618. The van der Waals surface area contributed by atoms with Crippen molar-refractivity contribution in [3.63, 3.8) is 0 Å². The van der Waals surface area contributed by atoms with E-state index in [2.05, 4.69) is 39.5 Å². The summed E-state index contributed by atoms with van der Waals surface area (Å²) in [6.45, 7) is 5.51. The van der Waals surface area contributed by atoms with Gasteiger partial charge in [0.15, 0.2) is 5.96 Å². The molecule has 0 spiro atoms. The summed E-state index contributed by atoms with van der Waals surface area (Å²) in [7, 11) is 1.68. The summed E-state index contributed by atoms with van der Waals surface area (Å²) in [5.74, 6) is 0.468. The van der Waals surface area contributed by atoms with E-state index in [1.165, 1.54) is 24.1 Å². The van der Waals surface area contributed by atoms with Crippen LogP contribution in [-0.2, 0) is 11.3 Å². The molecule has 5 nitrogen and oxygen atoms in total. The Morgan fingerprint density at radius 2 is 2.10 bits per heavy atom. The van der Waals surface area contributed by atoms with Gasteiger partial charge < -0.3 is 20.7 Å². The molecule has 5 heteroatoms. The molecule has 0 bridgehead atoms. The van der Waals surface area contributed by atoms with Crippen LogP contribution in [0.15, 0.2) is 29.3 Å². The molecule has 1 atom stereocenters. The summed E-state index contributed by atoms with van der Waals surface area (Å²) in [5.41, 5.74) is 8.44. The molecule has 1 heterocycles. The van der Waals surface area contributed by atoms with Crippen LogP contribution in [0.25, 0.3) is 0 Å². The molecule has 0 saturated carbocycles. The van der Waals surface area contributed by atoms with Crippen molar-refractivity contribution in [1.29, 1.82) is 0 Å². The van der Waals surface area contributed by atoms with Crippen LogP contribution in [0.5, 0.6) is 0 Å². The molecule has 0 unspecified atom stereocenters. The number of nitrogens with zero attached hydrogens (tertiary/aromatic N) is 2. The molecular weight excluding hydrogens is 264 g/mol. The Labute approximate surface area is 127 Å². The molecule has 2 rings (SSSR count). The van der Waals surface area contributed by atoms with E-state index in [-0.39, 0.29) is 6.04 Å². The maximum atomic E-state index is 5.93. The second-order valence-electron chi connectivity index (χ2n) is 5.53. The molecule has 0 aliphatic carbocycles. The Balaban J connectivity index is 1.99. The van der Waals surface area contributed by atoms with Crippen LogP contribution in [0.3, 0.4) is 0 Å². The second-order valence-corrected chi connectivity index (χ2v) is 5.53. The van der Waals surface area contributed by atoms with Crippen molar-refractivity contribution >= 4 is 11.6 Å². The van der Waals surface area contributed by atoms with Gasteiger partial charge in [-0.05, 0) is 31.4 Å². The van der Waals surface area contributed by atoms with Crippen molar-refractivity contribution in [2.24, 2.45) is 10.7 Å². The molecule has 1 aromatic carbocycles. The van der Waals surface area contributed by atoms with Crippen molar-refractivity contribution in [2.75, 3.05) is 31.7 Å². The fourth-order valence-corrected chi connectivity index (χ4v) is 2.67. The average Bonchev–Trinajstić information content (AvgIpc) is 2.99. The van der Waals surface area contributed by atoms with Crippen molar-refractivity contribution in [3.05, 3.63) is 29.8 Å². The molecule has 3 N–H and O–H groups in total. The number of nitrogens with two attached hydrogens (primary N) is 1. The predicted molar refractivity (Wildman–Crippen MR) is 87.7 cm³/mol. The summed E-state index contributed by atoms with van der Waals surface area (Å²) < 4.78 is 5.07. The van der Waals surface area contributed by atoms with Gasteiger partial charge in [-0.2, -0.15) is 0 Å². The van der Waals surface area contributed by atoms with Crippen LogP contribution in [0.1, 0.15) is 25.3 Å². The Kier molecular flexibility index (Phi) is 5.87. The van der Waals surface area contributed by atoms with Crippen LogP contribution in [0.4, 0.5) is 5.69 Å². The molecule has 0 aromatic heterocycles. The topological polar surface area (TPSA) is 62.9 Å². The predicted octanol–water partition coefficient (Wildman–Crippen LogP) is 1.73. The highest BCUT2D eigenvalue weighted by molar-refractivity contribution is 5.78. The number of guanidine groups is 1. The summed E-state index contributed by atoms with van der Waals surface area (Å²) in [5, 5.41) is 3.13. The van der Waals surface area contributed by atoms with Crippen molar-refractivity contribution in [2.45, 2.75) is 32.4 Å². The zero-order valence-electron chi connectivity index (χ0n) is 13.0. The van der Waals surface area contributed by atoms with Gasteiger partial charge in [-0.3, -0.25) is 0 Å². The van der Waals surface area contributed by atoms with Gasteiger partial charge >= 0.3 is 0 Å². The Morgan fingerprint density at radius 3 is 2.81 bits per heavy atom. The van der Waals surface area contributed by atoms with Gasteiger partial charge in [0.25, 0.3) is 0 Å². The van der Waals surface area contributed by atoms with Gasteiger partial charge in [0.05, 0.1) is 13.2 Å². The molecule has 1 aromatic rings. The number of para-hydroxylation sites is 1. The van der Waals surface area contributed by atoms with Gasteiger partial charge in [-0.1, -0.05) is 18.2 Å². The van der Waals surface area contributed by atoms with Crippen LogP contribution in [0, 0.1) is 0 Å². The van der Waals surface area contributed by atoms with Gasteiger partial charge in [-0.15, -0.1) is 0 Å². The fourth-order valence-electron chi connectivity index (χ4n) is 2.67. The Morgan fingerprint density at radius 1 is 1.38 bits per heavy atom. The number of hydrogen-bond donors (Lipinski definition) is 2. The fraction of sp³-hybridized carbons (Fsp3) is 0.562. The number of hydrogen-bond acceptors (Lipinski definition) is 3. The number of rotatable bonds is 6. The molecule has 1 saturated heterocycles. The number of ether oxygens (including phenoxy) is 1. The third-order valence-electron chi connectivity index (χ3n) is 3.67. The molecule has 1 fully saturated rings. The lowest BCUT2D eigenvalue weighted by Gasteiger charge is -2.21. The molecule has 1 aliphatic rings. The number of nitrogens with one attached hydrogen (secondary N) is 1. The first-order chi connectivity index (χ1) is 10.2. The second kappa shape index (κ2) is 7.88. The van der Waals surface area contributed by atoms with Gasteiger partial charge in [0.1, 0.15) is 0 Å². The average molecular weight is 290 g/mol. The van der Waals surface area contributed by atoms with Crippen LogP contribution < -0.4 is 16.0 Å². The van der Waals surface area contributed by atoms with Crippen LogP contribution in [-0.4, -0.2) is 38.8 Å². The zero-order chi connectivity index (χ0) is 15.1. The lowest BCUT2D eigenvalue weighted by atomic mass is 10.1. The Bertz CT molecular complexity index is 469. The highest BCUT2D eigenvalue weighted by atomic mass is 16.5. The number of aliphatic imine (C=N–C) groups is 1. The Hall–Kier alpha value is -1.75. The largest absolute Gasteiger partial charge is 0.383 e. The molecule has 0 amide bonds. The first-order valence-corrected chi connectivity index (χ1v) is 7.59. The van der Waals surface area contributed by atoms with Gasteiger partial charge in [0.2, 0.25) is 0 Å². The van der Waals surface area contributed by atoms with Crippen molar-refractivity contribution < 1.29 is 4.74 Å². The highest BCUT2D eigenvalue weighted by Gasteiger charge is 2.14. The minimum Gasteiger partial charge on any atom is -0.383 e. The summed E-state index contributed by atoms with van der Waals surface area (Å²) in [4.78, 5) is 6.88. The van der Waals surface area contributed by atoms with Gasteiger partial charge in [0, 0.05) is 31.9 Å². The van der Waals surface area contributed by atoms with E-state index < -0.39 is 0 Å². The monoisotopic (exact) mass is 290 g/mol. The maximum absolute atomic E-state index is 5.93. The molecule has 116 valence electrons. The van der Waals surface area contributed by atoms with Crippen LogP contribution in [0.2, 0.25) is 0 Å². The highest BCUT2D eigenvalue weighted by Crippen LogP contribution is 2.24. The number of anilines is 1. The number of methoxy groups -OCH3 is 1. The summed E-state index contributed by atoms with van der Waals surface area (Å²) in [6, 6.07) is 8.61. The minimum absolute atomic E-state index is 0.160. The van der Waals surface area contributed by atoms with E-state index in [1.54, 1.807) is 7.11 Å². The summed E-state index contributed by atoms with van der Waals surface area (Å²) >= 11 is 0. The SMILES string of the molecule is COC[C@@H](C)NC(N)=NCc1ccccc1N1CCCC1. The summed E-state index contributed by atoms with van der Waals surface area (Å²) in [6.07, 6.45) is 2.55. The van der Waals surface area contributed by atoms with E-state index in [0.29, 0.717) is 19.1 Å². The lowest BCUT2D eigenvalue weighted by molar-refractivity contribution is 0.179. The van der Waals surface area contributed by atoms with E-state index in [4.69, 9.17) is 10.5 Å².